The zero-order valence-electron chi connectivity index (χ0n) is 9.08. The third kappa shape index (κ3) is 3.14. The predicted octanol–water partition coefficient (Wildman–Crippen LogP) is 2.53. The van der Waals surface area contributed by atoms with Crippen molar-refractivity contribution in [2.45, 2.75) is 20.8 Å². The average Bonchev–Trinajstić information content (AvgIpc) is 2.00. The van der Waals surface area contributed by atoms with Gasteiger partial charge < -0.3 is 4.90 Å². The first kappa shape index (κ1) is 11.2. The number of nitrogens with zero attached hydrogens (tertiary/aromatic N) is 3. The van der Waals surface area contributed by atoms with E-state index in [1.807, 2.05) is 18.9 Å². The highest BCUT2D eigenvalue weighted by atomic mass is 35.5. The number of hydrogen-bond donors (Lipinski definition) is 0. The number of anilines is 1. The maximum atomic E-state index is 5.85. The molecule has 1 aromatic rings. The highest BCUT2D eigenvalue weighted by Gasteiger charge is 2.07. The summed E-state index contributed by atoms with van der Waals surface area (Å²) in [6.07, 6.45) is 0. The first-order chi connectivity index (χ1) is 6.49. The van der Waals surface area contributed by atoms with Gasteiger partial charge in [-0.15, -0.1) is 0 Å². The third-order valence-corrected chi connectivity index (χ3v) is 1.99. The van der Waals surface area contributed by atoms with Gasteiger partial charge in [0.15, 0.2) is 0 Å². The monoisotopic (exact) mass is 213 g/mol. The van der Waals surface area contributed by atoms with Gasteiger partial charge in [-0.2, -0.15) is 0 Å². The van der Waals surface area contributed by atoms with Crippen LogP contribution in [0.1, 0.15) is 19.5 Å². The van der Waals surface area contributed by atoms with Crippen molar-refractivity contribution in [2.75, 3.05) is 18.5 Å². The minimum absolute atomic E-state index is 0.503. The van der Waals surface area contributed by atoms with E-state index in [0.717, 1.165) is 12.2 Å². The van der Waals surface area contributed by atoms with Gasteiger partial charge in [0.05, 0.1) is 0 Å². The molecule has 0 N–H and O–H groups in total. The number of aryl methyl sites for hydroxylation is 1. The molecule has 14 heavy (non-hydrogen) atoms. The SMILES string of the molecule is Cc1cc(Cl)nc(N(C)CC(C)C)n1. The van der Waals surface area contributed by atoms with Crippen LogP contribution in [0.25, 0.3) is 0 Å². The summed E-state index contributed by atoms with van der Waals surface area (Å²) < 4.78 is 0. The van der Waals surface area contributed by atoms with Gasteiger partial charge in [-0.3, -0.25) is 0 Å². The molecular weight excluding hydrogens is 198 g/mol. The number of hydrogen-bond acceptors (Lipinski definition) is 3. The van der Waals surface area contributed by atoms with Crippen LogP contribution in [0.2, 0.25) is 5.15 Å². The largest absolute Gasteiger partial charge is 0.344 e. The number of aromatic nitrogens is 2. The summed E-state index contributed by atoms with van der Waals surface area (Å²) >= 11 is 5.85. The van der Waals surface area contributed by atoms with E-state index in [2.05, 4.69) is 23.8 Å². The second-order valence-electron chi connectivity index (χ2n) is 3.91. The zero-order chi connectivity index (χ0) is 10.7. The summed E-state index contributed by atoms with van der Waals surface area (Å²) in [5.41, 5.74) is 0.899. The van der Waals surface area contributed by atoms with Gasteiger partial charge in [0.2, 0.25) is 5.95 Å². The van der Waals surface area contributed by atoms with Crippen LogP contribution in [0.4, 0.5) is 5.95 Å². The van der Waals surface area contributed by atoms with Crippen molar-refractivity contribution in [1.29, 1.82) is 0 Å². The van der Waals surface area contributed by atoms with Gasteiger partial charge in [-0.25, -0.2) is 9.97 Å². The van der Waals surface area contributed by atoms with Gasteiger partial charge in [-0.1, -0.05) is 25.4 Å². The Balaban J connectivity index is 2.84. The second kappa shape index (κ2) is 4.60. The lowest BCUT2D eigenvalue weighted by atomic mass is 10.2. The van der Waals surface area contributed by atoms with Gasteiger partial charge in [0, 0.05) is 19.3 Å². The first-order valence-electron chi connectivity index (χ1n) is 4.71. The quantitative estimate of drug-likeness (QED) is 0.723. The summed E-state index contributed by atoms with van der Waals surface area (Å²) in [7, 11) is 1.98. The van der Waals surface area contributed by atoms with Crippen molar-refractivity contribution in [1.82, 2.24) is 9.97 Å². The average molecular weight is 214 g/mol. The van der Waals surface area contributed by atoms with E-state index < -0.39 is 0 Å². The van der Waals surface area contributed by atoms with E-state index in [1.54, 1.807) is 6.07 Å². The number of rotatable bonds is 3. The fraction of sp³-hybridized carbons (Fsp3) is 0.600. The first-order valence-corrected chi connectivity index (χ1v) is 5.09. The van der Waals surface area contributed by atoms with E-state index >= 15 is 0 Å². The lowest BCUT2D eigenvalue weighted by Crippen LogP contribution is -2.24. The predicted molar refractivity (Wildman–Crippen MR) is 59.9 cm³/mol. The molecular formula is C10H16ClN3. The summed E-state index contributed by atoms with van der Waals surface area (Å²) in [4.78, 5) is 10.5. The Morgan fingerprint density at radius 3 is 2.57 bits per heavy atom. The fourth-order valence-electron chi connectivity index (χ4n) is 1.32. The molecule has 78 valence electrons. The van der Waals surface area contributed by atoms with Crippen LogP contribution >= 0.6 is 11.6 Å². The van der Waals surface area contributed by atoms with Crippen molar-refractivity contribution >= 4 is 17.5 Å². The molecule has 0 bridgehead atoms. The van der Waals surface area contributed by atoms with Crippen LogP contribution in [0.5, 0.6) is 0 Å². The Morgan fingerprint density at radius 1 is 1.43 bits per heavy atom. The lowest BCUT2D eigenvalue weighted by molar-refractivity contribution is 0.629. The minimum atomic E-state index is 0.503. The van der Waals surface area contributed by atoms with E-state index in [4.69, 9.17) is 11.6 Å². The van der Waals surface area contributed by atoms with Crippen molar-refractivity contribution in [3.8, 4) is 0 Å². The summed E-state index contributed by atoms with van der Waals surface area (Å²) in [6.45, 7) is 7.17. The van der Waals surface area contributed by atoms with E-state index in [-0.39, 0.29) is 0 Å². The van der Waals surface area contributed by atoms with Gasteiger partial charge in [0.25, 0.3) is 0 Å². The molecule has 0 radical (unpaired) electrons. The topological polar surface area (TPSA) is 29.0 Å². The zero-order valence-corrected chi connectivity index (χ0v) is 9.84. The molecule has 1 rings (SSSR count). The van der Waals surface area contributed by atoms with E-state index in [9.17, 15) is 0 Å². The van der Waals surface area contributed by atoms with E-state index in [1.165, 1.54) is 0 Å². The molecule has 0 aromatic carbocycles. The summed E-state index contributed by atoms with van der Waals surface area (Å²) in [5, 5.41) is 0.503. The van der Waals surface area contributed by atoms with Gasteiger partial charge in [-0.05, 0) is 18.9 Å². The molecule has 0 aliphatic carbocycles. The second-order valence-corrected chi connectivity index (χ2v) is 4.29. The molecule has 0 saturated carbocycles. The molecule has 0 atom stereocenters. The molecule has 0 amide bonds. The van der Waals surface area contributed by atoms with Crippen LogP contribution in [0.3, 0.4) is 0 Å². The Bertz CT molecular complexity index is 292. The molecule has 4 heteroatoms. The van der Waals surface area contributed by atoms with Crippen molar-refractivity contribution < 1.29 is 0 Å². The molecule has 0 saturated heterocycles. The molecule has 0 fully saturated rings. The normalized spacial score (nSPS) is 10.7. The van der Waals surface area contributed by atoms with Crippen LogP contribution in [0.15, 0.2) is 6.07 Å². The summed E-state index contributed by atoms with van der Waals surface area (Å²) in [6, 6.07) is 1.76. The van der Waals surface area contributed by atoms with Gasteiger partial charge in [0.1, 0.15) is 5.15 Å². The van der Waals surface area contributed by atoms with Crippen LogP contribution in [0, 0.1) is 12.8 Å². The third-order valence-electron chi connectivity index (χ3n) is 1.79. The highest BCUT2D eigenvalue weighted by Crippen LogP contribution is 2.13. The summed E-state index contributed by atoms with van der Waals surface area (Å²) in [5.74, 6) is 1.28. The molecule has 1 heterocycles. The lowest BCUT2D eigenvalue weighted by Gasteiger charge is -2.19. The Morgan fingerprint density at radius 2 is 2.07 bits per heavy atom. The molecule has 0 aliphatic heterocycles. The standard InChI is InChI=1S/C10H16ClN3/c1-7(2)6-14(4)10-12-8(3)5-9(11)13-10/h5,7H,6H2,1-4H3. The Hall–Kier alpha value is -0.830. The minimum Gasteiger partial charge on any atom is -0.344 e. The number of halogens is 1. The maximum absolute atomic E-state index is 5.85. The van der Waals surface area contributed by atoms with Crippen molar-refractivity contribution in [3.05, 3.63) is 16.9 Å². The molecule has 3 nitrogen and oxygen atoms in total. The highest BCUT2D eigenvalue weighted by molar-refractivity contribution is 6.29. The molecule has 0 aliphatic rings. The fourth-order valence-corrected chi connectivity index (χ4v) is 1.55. The molecule has 1 aromatic heterocycles. The van der Waals surface area contributed by atoms with Gasteiger partial charge >= 0.3 is 0 Å². The van der Waals surface area contributed by atoms with Crippen LogP contribution in [-0.2, 0) is 0 Å². The molecule has 0 unspecified atom stereocenters. The molecule has 0 spiro atoms. The smallest absolute Gasteiger partial charge is 0.226 e. The van der Waals surface area contributed by atoms with Crippen molar-refractivity contribution in [2.24, 2.45) is 5.92 Å². The van der Waals surface area contributed by atoms with E-state index in [0.29, 0.717) is 17.0 Å². The van der Waals surface area contributed by atoms with Crippen LogP contribution < -0.4 is 4.90 Å². The van der Waals surface area contributed by atoms with Crippen molar-refractivity contribution in [3.63, 3.8) is 0 Å². The maximum Gasteiger partial charge on any atom is 0.226 e. The van der Waals surface area contributed by atoms with Crippen LogP contribution in [-0.4, -0.2) is 23.6 Å². The Kier molecular flexibility index (Phi) is 3.69. The Labute approximate surface area is 90.1 Å².